The molecule has 0 aromatic heterocycles. The molecule has 0 aliphatic heterocycles. The minimum atomic E-state index is 0.882. The molecule has 0 saturated heterocycles. The van der Waals surface area contributed by atoms with E-state index in [2.05, 4.69) is 24.3 Å². The number of hydrogen-bond acceptors (Lipinski definition) is 3. The summed E-state index contributed by atoms with van der Waals surface area (Å²) in [6.45, 7) is 6.11. The Hall–Kier alpha value is -0.700. The number of allylic oxidation sites excluding steroid dienone is 2. The lowest BCUT2D eigenvalue weighted by atomic mass is 10.3. The first-order chi connectivity index (χ1) is 6.04. The first-order valence-electron chi connectivity index (χ1n) is 4.85. The highest BCUT2D eigenvalue weighted by molar-refractivity contribution is 5.02. The third kappa shape index (κ3) is 7.65. The van der Waals surface area contributed by atoms with Gasteiger partial charge in [-0.1, -0.05) is 0 Å². The zero-order valence-corrected chi connectivity index (χ0v) is 9.35. The molecule has 3 nitrogen and oxygen atoms in total. The minimum Gasteiger partial charge on any atom is -0.401 e. The van der Waals surface area contributed by atoms with E-state index >= 15 is 0 Å². The van der Waals surface area contributed by atoms with Crippen molar-refractivity contribution in [2.24, 2.45) is 5.73 Å². The zero-order valence-electron chi connectivity index (χ0n) is 9.35. The predicted molar refractivity (Wildman–Crippen MR) is 58.4 cm³/mol. The van der Waals surface area contributed by atoms with Gasteiger partial charge in [0.1, 0.15) is 0 Å². The lowest BCUT2D eigenvalue weighted by molar-refractivity contribution is 0.393. The smallest absolute Gasteiger partial charge is 0.0263 e. The fourth-order valence-electron chi connectivity index (χ4n) is 0.968. The first kappa shape index (κ1) is 12.3. The Bertz CT molecular complexity index is 158. The maximum Gasteiger partial charge on any atom is 0.0263 e. The van der Waals surface area contributed by atoms with Crippen LogP contribution in [0.25, 0.3) is 0 Å². The van der Waals surface area contributed by atoms with Gasteiger partial charge in [-0.05, 0) is 47.3 Å². The summed E-state index contributed by atoms with van der Waals surface area (Å²) in [5.41, 5.74) is 7.59. The minimum absolute atomic E-state index is 0.882. The van der Waals surface area contributed by atoms with Gasteiger partial charge >= 0.3 is 0 Å². The van der Waals surface area contributed by atoms with E-state index in [-0.39, 0.29) is 0 Å². The molecule has 0 unspecified atom stereocenters. The quantitative estimate of drug-likeness (QED) is 0.609. The van der Waals surface area contributed by atoms with Gasteiger partial charge in [0.05, 0.1) is 0 Å². The largest absolute Gasteiger partial charge is 0.401 e. The summed E-state index contributed by atoms with van der Waals surface area (Å²) in [7, 11) is 4.20. The van der Waals surface area contributed by atoms with Gasteiger partial charge in [0, 0.05) is 17.9 Å². The van der Waals surface area contributed by atoms with E-state index in [1.54, 1.807) is 0 Å². The van der Waals surface area contributed by atoms with Crippen LogP contribution >= 0.6 is 0 Å². The standard InChI is InChI=1S/C10H23N3/c1-9(11)10(2)12-7-5-6-8-13(3)4/h12H,5-8,11H2,1-4H3/b10-9-. The number of hydrogen-bond donors (Lipinski definition) is 2. The van der Waals surface area contributed by atoms with Crippen LogP contribution in [0.5, 0.6) is 0 Å². The van der Waals surface area contributed by atoms with Crippen molar-refractivity contribution in [2.75, 3.05) is 27.2 Å². The summed E-state index contributed by atoms with van der Waals surface area (Å²) in [4.78, 5) is 2.21. The van der Waals surface area contributed by atoms with Gasteiger partial charge in [-0.2, -0.15) is 0 Å². The van der Waals surface area contributed by atoms with Crippen molar-refractivity contribution in [1.29, 1.82) is 0 Å². The molecule has 3 heteroatoms. The lowest BCUT2D eigenvalue weighted by Gasteiger charge is -2.10. The fraction of sp³-hybridized carbons (Fsp3) is 0.800. The molecule has 13 heavy (non-hydrogen) atoms. The van der Waals surface area contributed by atoms with Gasteiger partial charge in [0.15, 0.2) is 0 Å². The second-order valence-corrected chi connectivity index (χ2v) is 3.75. The second kappa shape index (κ2) is 6.78. The Balaban J connectivity index is 3.32. The maximum absolute atomic E-state index is 5.61. The first-order valence-corrected chi connectivity index (χ1v) is 4.85. The van der Waals surface area contributed by atoms with Crippen LogP contribution in [0.3, 0.4) is 0 Å². The molecule has 0 aromatic carbocycles. The summed E-state index contributed by atoms with van der Waals surface area (Å²) in [6, 6.07) is 0. The number of nitrogens with zero attached hydrogens (tertiary/aromatic N) is 1. The highest BCUT2D eigenvalue weighted by Gasteiger charge is 1.93. The topological polar surface area (TPSA) is 41.3 Å². The summed E-state index contributed by atoms with van der Waals surface area (Å²) in [6.07, 6.45) is 2.43. The Morgan fingerprint density at radius 2 is 1.85 bits per heavy atom. The number of nitrogens with two attached hydrogens (primary N) is 1. The van der Waals surface area contributed by atoms with Crippen LogP contribution in [0.15, 0.2) is 11.4 Å². The van der Waals surface area contributed by atoms with Crippen molar-refractivity contribution in [2.45, 2.75) is 26.7 Å². The Morgan fingerprint density at radius 1 is 1.23 bits per heavy atom. The number of nitrogens with one attached hydrogen (secondary N) is 1. The third-order valence-electron chi connectivity index (χ3n) is 2.01. The number of rotatable bonds is 6. The van der Waals surface area contributed by atoms with Gasteiger partial charge in [-0.15, -0.1) is 0 Å². The molecule has 0 radical (unpaired) electrons. The molecule has 0 amide bonds. The molecular formula is C10H23N3. The molecule has 0 aromatic rings. The van der Waals surface area contributed by atoms with Gasteiger partial charge in [-0.25, -0.2) is 0 Å². The van der Waals surface area contributed by atoms with E-state index in [1.165, 1.54) is 12.8 Å². The average molecular weight is 185 g/mol. The fourth-order valence-corrected chi connectivity index (χ4v) is 0.968. The molecule has 0 spiro atoms. The number of unbranched alkanes of at least 4 members (excludes halogenated alkanes) is 1. The second-order valence-electron chi connectivity index (χ2n) is 3.75. The Labute approximate surface area is 82.0 Å². The van der Waals surface area contributed by atoms with Crippen LogP contribution in [0.4, 0.5) is 0 Å². The lowest BCUT2D eigenvalue weighted by Crippen LogP contribution is -2.18. The summed E-state index contributed by atoms with van der Waals surface area (Å²) >= 11 is 0. The van der Waals surface area contributed by atoms with Gasteiger partial charge in [0.2, 0.25) is 0 Å². The van der Waals surface area contributed by atoms with Crippen molar-refractivity contribution >= 4 is 0 Å². The van der Waals surface area contributed by atoms with Crippen molar-refractivity contribution in [1.82, 2.24) is 10.2 Å². The van der Waals surface area contributed by atoms with Crippen LogP contribution < -0.4 is 11.1 Å². The molecule has 0 atom stereocenters. The Kier molecular flexibility index (Phi) is 6.41. The molecule has 0 rings (SSSR count). The van der Waals surface area contributed by atoms with Crippen LogP contribution in [0.2, 0.25) is 0 Å². The van der Waals surface area contributed by atoms with E-state index in [9.17, 15) is 0 Å². The summed E-state index contributed by atoms with van der Waals surface area (Å²) in [5, 5.41) is 3.29. The van der Waals surface area contributed by atoms with E-state index in [0.29, 0.717) is 0 Å². The molecule has 0 aliphatic rings. The summed E-state index contributed by atoms with van der Waals surface area (Å²) < 4.78 is 0. The van der Waals surface area contributed by atoms with E-state index in [4.69, 9.17) is 5.73 Å². The van der Waals surface area contributed by atoms with Crippen molar-refractivity contribution in [3.05, 3.63) is 11.4 Å². The normalized spacial score (nSPS) is 13.0. The SMILES string of the molecule is C/C(N)=C(\C)NCCCCN(C)C. The van der Waals surface area contributed by atoms with Crippen molar-refractivity contribution in [3.63, 3.8) is 0 Å². The molecule has 3 N–H and O–H groups in total. The van der Waals surface area contributed by atoms with E-state index in [1.807, 2.05) is 13.8 Å². The van der Waals surface area contributed by atoms with Crippen LogP contribution in [0, 0.1) is 0 Å². The molecule has 0 heterocycles. The van der Waals surface area contributed by atoms with Gasteiger partial charge in [-0.3, -0.25) is 0 Å². The average Bonchev–Trinajstić information content (AvgIpc) is 2.02. The predicted octanol–water partition coefficient (Wildman–Crippen LogP) is 1.13. The highest BCUT2D eigenvalue weighted by atomic mass is 15.0. The van der Waals surface area contributed by atoms with Gasteiger partial charge in [0.25, 0.3) is 0 Å². The molecule has 0 aliphatic carbocycles. The zero-order chi connectivity index (χ0) is 10.3. The highest BCUT2D eigenvalue weighted by Crippen LogP contribution is 1.94. The summed E-state index contributed by atoms with van der Waals surface area (Å²) in [5.74, 6) is 0. The molecular weight excluding hydrogens is 162 g/mol. The van der Waals surface area contributed by atoms with Crippen LogP contribution in [-0.4, -0.2) is 32.1 Å². The van der Waals surface area contributed by atoms with Gasteiger partial charge < -0.3 is 16.0 Å². The van der Waals surface area contributed by atoms with Crippen molar-refractivity contribution < 1.29 is 0 Å². The molecule has 78 valence electrons. The third-order valence-corrected chi connectivity index (χ3v) is 2.01. The van der Waals surface area contributed by atoms with Crippen molar-refractivity contribution in [3.8, 4) is 0 Å². The molecule has 0 bridgehead atoms. The van der Waals surface area contributed by atoms with Crippen LogP contribution in [0.1, 0.15) is 26.7 Å². The van der Waals surface area contributed by atoms with Crippen LogP contribution in [-0.2, 0) is 0 Å². The molecule has 0 fully saturated rings. The van der Waals surface area contributed by atoms with E-state index in [0.717, 1.165) is 24.5 Å². The molecule has 0 saturated carbocycles. The Morgan fingerprint density at radius 3 is 2.31 bits per heavy atom. The maximum atomic E-state index is 5.61. The van der Waals surface area contributed by atoms with E-state index < -0.39 is 0 Å². The monoisotopic (exact) mass is 185 g/mol.